The number of benzene rings is 2. The number of thioether (sulfide) groups is 1. The van der Waals surface area contributed by atoms with Crippen LogP contribution in [-0.4, -0.2) is 21.7 Å². The average Bonchev–Trinajstić information content (AvgIpc) is 3.04. The van der Waals surface area contributed by atoms with Gasteiger partial charge >= 0.3 is 0 Å². The minimum atomic E-state index is -0.524. The first-order chi connectivity index (χ1) is 11.5. The Morgan fingerprint density at radius 1 is 1.12 bits per heavy atom. The number of halogens is 1. The van der Waals surface area contributed by atoms with Gasteiger partial charge in [-0.15, -0.1) is 10.2 Å². The normalized spacial score (nSPS) is 10.8. The first-order valence-corrected chi connectivity index (χ1v) is 8.35. The summed E-state index contributed by atoms with van der Waals surface area (Å²) in [6, 6.07) is 11.8. The molecule has 3 rings (SSSR count). The predicted molar refractivity (Wildman–Crippen MR) is 90.7 cm³/mol. The van der Waals surface area contributed by atoms with Gasteiger partial charge in [0.2, 0.25) is 5.89 Å². The average molecular weight is 342 g/mol. The molecule has 0 N–H and O–H groups in total. The molecule has 122 valence electrons. The maximum absolute atomic E-state index is 13.6. The molecule has 0 aliphatic carbocycles. The molecule has 0 saturated carbocycles. The molecule has 2 aromatic carbocycles. The number of aryl methyl sites for hydroxylation is 2. The standard InChI is InChI=1S/C18H15FN2O2S/c1-11-7-8-13(9-12(11)2)17-20-21-18(23-17)24-10-16(22)14-5-3-4-6-15(14)19/h3-9H,10H2,1-2H3. The minimum absolute atomic E-state index is 0.0372. The lowest BCUT2D eigenvalue weighted by molar-refractivity contribution is 0.101. The van der Waals surface area contributed by atoms with Gasteiger partial charge in [-0.3, -0.25) is 4.79 Å². The van der Waals surface area contributed by atoms with Crippen molar-refractivity contribution in [1.29, 1.82) is 0 Å². The molecule has 1 aromatic heterocycles. The van der Waals surface area contributed by atoms with Gasteiger partial charge in [-0.25, -0.2) is 4.39 Å². The fraction of sp³-hybridized carbons (Fsp3) is 0.167. The second-order valence-corrected chi connectivity index (χ2v) is 6.29. The highest BCUT2D eigenvalue weighted by Crippen LogP contribution is 2.25. The summed E-state index contributed by atoms with van der Waals surface area (Å²) < 4.78 is 19.2. The van der Waals surface area contributed by atoms with Crippen molar-refractivity contribution in [3.63, 3.8) is 0 Å². The molecule has 6 heteroatoms. The summed E-state index contributed by atoms with van der Waals surface area (Å²) in [6.07, 6.45) is 0. The smallest absolute Gasteiger partial charge is 0.277 e. The van der Waals surface area contributed by atoms with E-state index in [1.165, 1.54) is 17.7 Å². The summed E-state index contributed by atoms with van der Waals surface area (Å²) >= 11 is 1.10. The predicted octanol–water partition coefficient (Wildman–Crippen LogP) is 4.47. The summed E-state index contributed by atoms with van der Waals surface area (Å²) in [5, 5.41) is 8.22. The van der Waals surface area contributed by atoms with Crippen LogP contribution in [0.5, 0.6) is 0 Å². The van der Waals surface area contributed by atoms with Gasteiger partial charge in [-0.2, -0.15) is 0 Å². The summed E-state index contributed by atoms with van der Waals surface area (Å²) in [6.45, 7) is 4.04. The molecule has 0 bridgehead atoms. The van der Waals surface area contributed by atoms with Crippen molar-refractivity contribution in [2.24, 2.45) is 0 Å². The molecule has 0 unspecified atom stereocenters. The lowest BCUT2D eigenvalue weighted by Crippen LogP contribution is -2.04. The molecule has 3 aromatic rings. The van der Waals surface area contributed by atoms with E-state index < -0.39 is 5.82 Å². The van der Waals surface area contributed by atoms with Crippen LogP contribution in [0.2, 0.25) is 0 Å². The molecular formula is C18H15FN2O2S. The van der Waals surface area contributed by atoms with E-state index in [-0.39, 0.29) is 22.3 Å². The van der Waals surface area contributed by atoms with Crippen LogP contribution in [0.1, 0.15) is 21.5 Å². The summed E-state index contributed by atoms with van der Waals surface area (Å²) in [7, 11) is 0. The van der Waals surface area contributed by atoms with E-state index in [0.717, 1.165) is 22.9 Å². The fourth-order valence-electron chi connectivity index (χ4n) is 2.15. The molecule has 0 saturated heterocycles. The summed E-state index contributed by atoms with van der Waals surface area (Å²) in [5.74, 6) is -0.400. The molecule has 24 heavy (non-hydrogen) atoms. The van der Waals surface area contributed by atoms with Crippen molar-refractivity contribution in [3.8, 4) is 11.5 Å². The van der Waals surface area contributed by atoms with Gasteiger partial charge in [-0.1, -0.05) is 30.0 Å². The van der Waals surface area contributed by atoms with Gasteiger partial charge in [0.1, 0.15) is 5.82 Å². The van der Waals surface area contributed by atoms with Crippen LogP contribution in [0.3, 0.4) is 0 Å². The van der Waals surface area contributed by atoms with Crippen LogP contribution in [0.25, 0.3) is 11.5 Å². The van der Waals surface area contributed by atoms with Crippen LogP contribution in [0, 0.1) is 19.7 Å². The Morgan fingerprint density at radius 3 is 2.67 bits per heavy atom. The Kier molecular flexibility index (Phi) is 4.76. The maximum Gasteiger partial charge on any atom is 0.277 e. The van der Waals surface area contributed by atoms with Crippen LogP contribution >= 0.6 is 11.8 Å². The van der Waals surface area contributed by atoms with Crippen LogP contribution in [-0.2, 0) is 0 Å². The van der Waals surface area contributed by atoms with E-state index in [4.69, 9.17) is 4.42 Å². The van der Waals surface area contributed by atoms with E-state index in [1.54, 1.807) is 12.1 Å². The van der Waals surface area contributed by atoms with Gasteiger partial charge in [0.15, 0.2) is 5.78 Å². The number of aromatic nitrogens is 2. The SMILES string of the molecule is Cc1ccc(-c2nnc(SCC(=O)c3ccccc3F)o2)cc1C. The molecule has 0 aliphatic heterocycles. The number of nitrogens with zero attached hydrogens (tertiary/aromatic N) is 2. The zero-order valence-corrected chi connectivity index (χ0v) is 14.1. The first kappa shape index (κ1) is 16.4. The number of ketones is 1. The van der Waals surface area contributed by atoms with Gasteiger partial charge in [0.25, 0.3) is 5.22 Å². The molecule has 4 nitrogen and oxygen atoms in total. The fourth-order valence-corrected chi connectivity index (χ4v) is 2.80. The number of carbonyl (C=O) groups is 1. The molecule has 0 fully saturated rings. The monoisotopic (exact) mass is 342 g/mol. The molecular weight excluding hydrogens is 327 g/mol. The Labute approximate surface area is 143 Å². The Morgan fingerprint density at radius 2 is 1.92 bits per heavy atom. The van der Waals surface area contributed by atoms with E-state index in [1.807, 2.05) is 32.0 Å². The second kappa shape index (κ2) is 6.97. The number of carbonyl (C=O) groups excluding carboxylic acids is 1. The molecule has 0 radical (unpaired) electrons. The van der Waals surface area contributed by atoms with Crippen molar-refractivity contribution in [2.75, 3.05) is 5.75 Å². The zero-order chi connectivity index (χ0) is 17.1. The number of hydrogen-bond acceptors (Lipinski definition) is 5. The van der Waals surface area contributed by atoms with Crippen molar-refractivity contribution in [3.05, 3.63) is 65.0 Å². The lowest BCUT2D eigenvalue weighted by atomic mass is 10.1. The molecule has 0 atom stereocenters. The second-order valence-electron chi connectivity index (χ2n) is 5.36. The lowest BCUT2D eigenvalue weighted by Gasteiger charge is -2.01. The Balaban J connectivity index is 1.69. The number of rotatable bonds is 5. The third kappa shape index (κ3) is 3.54. The third-order valence-electron chi connectivity index (χ3n) is 3.66. The van der Waals surface area contributed by atoms with Gasteiger partial charge < -0.3 is 4.42 Å². The third-order valence-corrected chi connectivity index (χ3v) is 4.48. The molecule has 0 aliphatic rings. The van der Waals surface area contributed by atoms with Gasteiger partial charge in [-0.05, 0) is 49.2 Å². The molecule has 1 heterocycles. The maximum atomic E-state index is 13.6. The van der Waals surface area contributed by atoms with E-state index in [0.29, 0.717) is 5.89 Å². The van der Waals surface area contributed by atoms with Crippen molar-refractivity contribution in [1.82, 2.24) is 10.2 Å². The van der Waals surface area contributed by atoms with Crippen molar-refractivity contribution < 1.29 is 13.6 Å². The number of Topliss-reactive ketones (excluding diaryl/α,β-unsaturated/α-hetero) is 1. The highest BCUT2D eigenvalue weighted by molar-refractivity contribution is 7.99. The first-order valence-electron chi connectivity index (χ1n) is 7.36. The van der Waals surface area contributed by atoms with E-state index >= 15 is 0 Å². The Bertz CT molecular complexity index is 892. The molecule has 0 amide bonds. The Hall–Kier alpha value is -2.47. The van der Waals surface area contributed by atoms with E-state index in [2.05, 4.69) is 10.2 Å². The van der Waals surface area contributed by atoms with Crippen LogP contribution in [0.15, 0.2) is 52.1 Å². The molecule has 0 spiro atoms. The highest BCUT2D eigenvalue weighted by Gasteiger charge is 2.15. The van der Waals surface area contributed by atoms with Gasteiger partial charge in [0, 0.05) is 5.56 Å². The van der Waals surface area contributed by atoms with Crippen molar-refractivity contribution in [2.45, 2.75) is 19.1 Å². The van der Waals surface area contributed by atoms with E-state index in [9.17, 15) is 9.18 Å². The highest BCUT2D eigenvalue weighted by atomic mass is 32.2. The summed E-state index contributed by atoms with van der Waals surface area (Å²) in [5.41, 5.74) is 3.22. The van der Waals surface area contributed by atoms with Crippen molar-refractivity contribution >= 4 is 17.5 Å². The summed E-state index contributed by atoms with van der Waals surface area (Å²) in [4.78, 5) is 12.0. The zero-order valence-electron chi connectivity index (χ0n) is 13.2. The van der Waals surface area contributed by atoms with Crippen LogP contribution in [0.4, 0.5) is 4.39 Å². The minimum Gasteiger partial charge on any atom is -0.411 e. The van der Waals surface area contributed by atoms with Gasteiger partial charge in [0.05, 0.1) is 11.3 Å². The quantitative estimate of drug-likeness (QED) is 0.506. The van der Waals surface area contributed by atoms with Crippen LogP contribution < -0.4 is 0 Å². The topological polar surface area (TPSA) is 56.0 Å². The largest absolute Gasteiger partial charge is 0.411 e. The number of hydrogen-bond donors (Lipinski definition) is 0.